The average Bonchev–Trinajstić information content (AvgIpc) is 3.34. The molecular weight excluding hydrogens is 514 g/mol. The molecule has 0 aliphatic rings. The van der Waals surface area contributed by atoms with E-state index in [9.17, 15) is 14.7 Å². The van der Waals surface area contributed by atoms with E-state index in [4.69, 9.17) is 16.3 Å². The van der Waals surface area contributed by atoms with E-state index in [0.717, 1.165) is 22.0 Å². The Morgan fingerprint density at radius 1 is 0.974 bits per heavy atom. The van der Waals surface area contributed by atoms with E-state index in [1.807, 2.05) is 78.4 Å². The van der Waals surface area contributed by atoms with Gasteiger partial charge in [0.2, 0.25) is 0 Å². The zero-order chi connectivity index (χ0) is 28.2. The number of nitrogens with zero attached hydrogens (tertiary/aromatic N) is 1. The van der Waals surface area contributed by atoms with Gasteiger partial charge in [0.15, 0.2) is 0 Å². The Kier molecular flexibility index (Phi) is 8.33. The molecule has 2 unspecified atom stereocenters. The largest absolute Gasteiger partial charge is 0.444 e. The number of rotatable bonds is 8. The van der Waals surface area contributed by atoms with Crippen molar-refractivity contribution in [1.82, 2.24) is 9.88 Å². The smallest absolute Gasteiger partial charge is 0.412 e. The van der Waals surface area contributed by atoms with Gasteiger partial charge in [0.05, 0.1) is 23.9 Å². The summed E-state index contributed by atoms with van der Waals surface area (Å²) in [7, 11) is 0. The van der Waals surface area contributed by atoms with E-state index in [-0.39, 0.29) is 12.5 Å². The molecule has 2 atom stereocenters. The fourth-order valence-electron chi connectivity index (χ4n) is 4.86. The van der Waals surface area contributed by atoms with Gasteiger partial charge in [-0.15, -0.1) is 0 Å². The maximum atomic E-state index is 14.3. The number of halogens is 1. The van der Waals surface area contributed by atoms with Crippen LogP contribution in [0.3, 0.4) is 0 Å². The Hall–Kier alpha value is -3.81. The maximum Gasteiger partial charge on any atom is 0.412 e. The number of anilines is 1. The van der Waals surface area contributed by atoms with Gasteiger partial charge in [0.25, 0.3) is 5.91 Å². The van der Waals surface area contributed by atoms with Crippen molar-refractivity contribution in [2.75, 3.05) is 11.9 Å². The second-order valence-electron chi connectivity index (χ2n) is 10.4. The molecule has 39 heavy (non-hydrogen) atoms. The highest BCUT2D eigenvalue weighted by Crippen LogP contribution is 2.37. The van der Waals surface area contributed by atoms with Crippen molar-refractivity contribution in [3.63, 3.8) is 0 Å². The molecule has 1 aromatic heterocycles. The molecule has 1 heterocycles. The molecule has 0 aliphatic carbocycles. The normalized spacial score (nSPS) is 13.9. The van der Waals surface area contributed by atoms with Crippen LogP contribution in [0.1, 0.15) is 51.3 Å². The van der Waals surface area contributed by atoms with E-state index in [2.05, 4.69) is 10.6 Å². The molecule has 2 amide bonds. The van der Waals surface area contributed by atoms with Crippen LogP contribution >= 0.6 is 11.6 Å². The second kappa shape index (κ2) is 11.5. The number of ether oxygens (including phenoxy) is 1. The standard InChI is InChI=1S/C31H34ClN3O4/c1-5-31(22-14-16-23(32)17-15-22,28(37)33-26(20-36)21-10-7-6-8-11-21)35-19-18-24-25(12-9-13-27(24)35)34-29(38)39-30(2,3)4/h6-19,26,36H,5,20H2,1-4H3,(H,33,37)(H,34,38). The summed E-state index contributed by atoms with van der Waals surface area (Å²) >= 11 is 6.21. The van der Waals surface area contributed by atoms with E-state index < -0.39 is 23.3 Å². The minimum Gasteiger partial charge on any atom is -0.444 e. The molecule has 3 aromatic carbocycles. The third-order valence-electron chi connectivity index (χ3n) is 6.68. The van der Waals surface area contributed by atoms with Crippen LogP contribution in [0, 0.1) is 0 Å². The first-order valence-corrected chi connectivity index (χ1v) is 13.3. The van der Waals surface area contributed by atoms with Crippen LogP contribution in [-0.2, 0) is 15.1 Å². The molecule has 204 valence electrons. The maximum absolute atomic E-state index is 14.3. The van der Waals surface area contributed by atoms with Crippen LogP contribution in [0.4, 0.5) is 10.5 Å². The number of nitrogens with one attached hydrogen (secondary N) is 2. The summed E-state index contributed by atoms with van der Waals surface area (Å²) in [5.41, 5.74) is 1.03. The Morgan fingerprint density at radius 2 is 1.67 bits per heavy atom. The Bertz CT molecular complexity index is 1440. The van der Waals surface area contributed by atoms with Crippen molar-refractivity contribution in [2.45, 2.75) is 51.3 Å². The lowest BCUT2D eigenvalue weighted by atomic mass is 9.85. The fourth-order valence-corrected chi connectivity index (χ4v) is 4.99. The number of amides is 2. The van der Waals surface area contributed by atoms with Gasteiger partial charge >= 0.3 is 6.09 Å². The number of benzene rings is 3. The zero-order valence-electron chi connectivity index (χ0n) is 22.6. The van der Waals surface area contributed by atoms with E-state index in [1.165, 1.54) is 0 Å². The molecule has 4 rings (SSSR count). The third kappa shape index (κ3) is 5.95. The van der Waals surface area contributed by atoms with Crippen molar-refractivity contribution >= 4 is 40.2 Å². The van der Waals surface area contributed by atoms with Gasteiger partial charge in [-0.25, -0.2) is 4.79 Å². The topological polar surface area (TPSA) is 92.6 Å². The average molecular weight is 548 g/mol. The molecule has 7 nitrogen and oxygen atoms in total. The Labute approximate surface area is 233 Å². The zero-order valence-corrected chi connectivity index (χ0v) is 23.3. The first-order valence-electron chi connectivity index (χ1n) is 12.9. The molecule has 3 N–H and O–H groups in total. The van der Waals surface area contributed by atoms with Crippen molar-refractivity contribution < 1.29 is 19.4 Å². The van der Waals surface area contributed by atoms with Crippen molar-refractivity contribution in [3.8, 4) is 0 Å². The minimum absolute atomic E-state index is 0.257. The second-order valence-corrected chi connectivity index (χ2v) is 10.8. The number of aliphatic hydroxyl groups is 1. The minimum atomic E-state index is -1.18. The van der Waals surface area contributed by atoms with Crippen LogP contribution in [0.2, 0.25) is 5.02 Å². The lowest BCUT2D eigenvalue weighted by molar-refractivity contribution is -0.129. The molecule has 0 spiro atoms. The van der Waals surface area contributed by atoms with Crippen molar-refractivity contribution in [2.24, 2.45) is 0 Å². The lowest BCUT2D eigenvalue weighted by Crippen LogP contribution is -2.50. The summed E-state index contributed by atoms with van der Waals surface area (Å²) in [5, 5.41) is 17.4. The van der Waals surface area contributed by atoms with Crippen molar-refractivity contribution in [3.05, 3.63) is 101 Å². The Morgan fingerprint density at radius 3 is 2.28 bits per heavy atom. The van der Waals surface area contributed by atoms with Gasteiger partial charge in [0.1, 0.15) is 11.1 Å². The van der Waals surface area contributed by atoms with Crippen LogP contribution in [0.15, 0.2) is 85.1 Å². The SMILES string of the molecule is CCC(C(=O)NC(CO)c1ccccc1)(c1ccc(Cl)cc1)n1ccc2c(NC(=O)OC(C)(C)C)cccc21. The van der Waals surface area contributed by atoms with Gasteiger partial charge in [-0.1, -0.05) is 67.1 Å². The number of hydrogen-bond acceptors (Lipinski definition) is 4. The number of carbonyl (C=O) groups excluding carboxylic acids is 2. The highest BCUT2D eigenvalue weighted by molar-refractivity contribution is 6.30. The van der Waals surface area contributed by atoms with E-state index in [0.29, 0.717) is 17.1 Å². The van der Waals surface area contributed by atoms with Crippen molar-refractivity contribution in [1.29, 1.82) is 0 Å². The van der Waals surface area contributed by atoms with Crippen LogP contribution in [0.5, 0.6) is 0 Å². The highest BCUT2D eigenvalue weighted by atomic mass is 35.5. The van der Waals surface area contributed by atoms with Crippen LogP contribution in [0.25, 0.3) is 10.9 Å². The lowest BCUT2D eigenvalue weighted by Gasteiger charge is -2.36. The number of carbonyl (C=O) groups is 2. The third-order valence-corrected chi connectivity index (χ3v) is 6.93. The first-order chi connectivity index (χ1) is 18.6. The summed E-state index contributed by atoms with van der Waals surface area (Å²) in [6, 6.07) is 23.4. The predicted molar refractivity (Wildman–Crippen MR) is 155 cm³/mol. The van der Waals surface area contributed by atoms with Gasteiger partial charge in [-0.2, -0.15) is 0 Å². The number of fused-ring (bicyclic) bond motifs is 1. The molecule has 0 saturated carbocycles. The number of aromatic nitrogens is 1. The van der Waals surface area contributed by atoms with E-state index >= 15 is 0 Å². The molecule has 0 saturated heterocycles. The van der Waals surface area contributed by atoms with Gasteiger partial charge in [-0.3, -0.25) is 10.1 Å². The monoisotopic (exact) mass is 547 g/mol. The highest BCUT2D eigenvalue weighted by Gasteiger charge is 2.42. The fraction of sp³-hybridized carbons (Fsp3) is 0.290. The summed E-state index contributed by atoms with van der Waals surface area (Å²) in [6.07, 6.45) is 1.69. The van der Waals surface area contributed by atoms with Gasteiger partial charge in [0, 0.05) is 16.6 Å². The molecule has 0 radical (unpaired) electrons. The summed E-state index contributed by atoms with van der Waals surface area (Å²) < 4.78 is 7.36. The van der Waals surface area contributed by atoms with Crippen LogP contribution in [-0.4, -0.2) is 33.9 Å². The van der Waals surface area contributed by atoms with Crippen LogP contribution < -0.4 is 10.6 Å². The molecule has 8 heteroatoms. The first kappa shape index (κ1) is 28.2. The summed E-state index contributed by atoms with van der Waals surface area (Å²) in [4.78, 5) is 26.9. The molecule has 4 aromatic rings. The molecule has 0 fully saturated rings. The molecular formula is C31H34ClN3O4. The quantitative estimate of drug-likeness (QED) is 0.230. The van der Waals surface area contributed by atoms with Gasteiger partial charge < -0.3 is 19.7 Å². The molecule has 0 aliphatic heterocycles. The van der Waals surface area contributed by atoms with E-state index in [1.54, 1.807) is 39.0 Å². The molecule has 0 bridgehead atoms. The Balaban J connectivity index is 1.82. The van der Waals surface area contributed by atoms with Gasteiger partial charge in [-0.05, 0) is 68.7 Å². The summed E-state index contributed by atoms with van der Waals surface area (Å²) in [5.74, 6) is -0.279. The number of aliphatic hydroxyl groups excluding tert-OH is 1. The summed E-state index contributed by atoms with van der Waals surface area (Å²) in [6.45, 7) is 7.10. The number of hydrogen-bond donors (Lipinski definition) is 3. The predicted octanol–water partition coefficient (Wildman–Crippen LogP) is 6.65.